The second-order valence-electron chi connectivity index (χ2n) is 1.82. The zero-order chi connectivity index (χ0) is 9.14. The molecule has 0 aliphatic heterocycles. The SMILES string of the molecule is Fc1cc(Br)ncc1OC(F)F. The van der Waals surface area contributed by atoms with E-state index in [4.69, 9.17) is 0 Å². The summed E-state index contributed by atoms with van der Waals surface area (Å²) in [7, 11) is 0. The summed E-state index contributed by atoms with van der Waals surface area (Å²) >= 11 is 2.87. The van der Waals surface area contributed by atoms with Crippen LogP contribution in [0.25, 0.3) is 0 Å². The van der Waals surface area contributed by atoms with Crippen LogP contribution in [0.1, 0.15) is 0 Å². The van der Waals surface area contributed by atoms with Gasteiger partial charge >= 0.3 is 6.61 Å². The molecule has 0 saturated heterocycles. The number of rotatable bonds is 2. The van der Waals surface area contributed by atoms with E-state index in [1.807, 2.05) is 0 Å². The van der Waals surface area contributed by atoms with E-state index in [1.165, 1.54) is 0 Å². The number of hydrogen-bond acceptors (Lipinski definition) is 2. The van der Waals surface area contributed by atoms with Crippen LogP contribution in [0.3, 0.4) is 0 Å². The van der Waals surface area contributed by atoms with E-state index >= 15 is 0 Å². The van der Waals surface area contributed by atoms with Gasteiger partial charge in [-0.3, -0.25) is 0 Å². The third kappa shape index (κ3) is 2.37. The topological polar surface area (TPSA) is 22.1 Å². The molecule has 66 valence electrons. The number of aromatic nitrogens is 1. The monoisotopic (exact) mass is 241 g/mol. The van der Waals surface area contributed by atoms with Crippen LogP contribution in [0.2, 0.25) is 0 Å². The van der Waals surface area contributed by atoms with Gasteiger partial charge < -0.3 is 4.74 Å². The van der Waals surface area contributed by atoms with Crippen molar-refractivity contribution in [3.05, 3.63) is 22.7 Å². The minimum Gasteiger partial charge on any atom is -0.430 e. The van der Waals surface area contributed by atoms with Crippen LogP contribution in [0.5, 0.6) is 5.75 Å². The van der Waals surface area contributed by atoms with Crippen LogP contribution < -0.4 is 4.74 Å². The summed E-state index contributed by atoms with van der Waals surface area (Å²) in [6, 6.07) is 0.942. The minimum absolute atomic E-state index is 0.224. The van der Waals surface area contributed by atoms with Crippen molar-refractivity contribution in [3.63, 3.8) is 0 Å². The standard InChI is InChI=1S/C6H3BrF3NO/c7-5-1-3(8)4(2-11-5)12-6(9)10/h1-2,6H. The molecule has 0 spiro atoms. The lowest BCUT2D eigenvalue weighted by Gasteiger charge is -2.03. The average Bonchev–Trinajstić information content (AvgIpc) is 1.94. The van der Waals surface area contributed by atoms with E-state index in [0.717, 1.165) is 12.3 Å². The van der Waals surface area contributed by atoms with Gasteiger partial charge in [-0.25, -0.2) is 9.37 Å². The lowest BCUT2D eigenvalue weighted by Crippen LogP contribution is -2.03. The first kappa shape index (κ1) is 9.31. The first-order chi connectivity index (χ1) is 5.59. The molecule has 0 N–H and O–H groups in total. The molecule has 0 saturated carbocycles. The fraction of sp³-hybridized carbons (Fsp3) is 0.167. The Hall–Kier alpha value is -0.780. The molecule has 0 amide bonds. The molecule has 6 heteroatoms. The van der Waals surface area contributed by atoms with E-state index in [2.05, 4.69) is 25.7 Å². The number of pyridine rings is 1. The molecule has 0 bridgehead atoms. The van der Waals surface area contributed by atoms with Gasteiger partial charge in [-0.2, -0.15) is 8.78 Å². The van der Waals surface area contributed by atoms with Crippen molar-refractivity contribution in [2.45, 2.75) is 6.61 Å². The Morgan fingerprint density at radius 1 is 1.50 bits per heavy atom. The van der Waals surface area contributed by atoms with Crippen LogP contribution in [0.4, 0.5) is 13.2 Å². The van der Waals surface area contributed by atoms with Crippen molar-refractivity contribution in [1.82, 2.24) is 4.98 Å². The van der Waals surface area contributed by atoms with Gasteiger partial charge in [0.2, 0.25) is 0 Å². The summed E-state index contributed by atoms with van der Waals surface area (Å²) in [5, 5.41) is 0. The highest BCUT2D eigenvalue weighted by Gasteiger charge is 2.09. The van der Waals surface area contributed by atoms with Crippen molar-refractivity contribution in [3.8, 4) is 5.75 Å². The van der Waals surface area contributed by atoms with Gasteiger partial charge in [0.1, 0.15) is 4.60 Å². The van der Waals surface area contributed by atoms with Gasteiger partial charge in [0.15, 0.2) is 11.6 Å². The fourth-order valence-electron chi connectivity index (χ4n) is 0.578. The number of hydrogen-bond donors (Lipinski definition) is 0. The third-order valence-corrected chi connectivity index (χ3v) is 1.44. The molecule has 0 aliphatic rings. The first-order valence-corrected chi connectivity index (χ1v) is 3.65. The summed E-state index contributed by atoms with van der Waals surface area (Å²) in [5.41, 5.74) is 0. The maximum Gasteiger partial charge on any atom is 0.387 e. The van der Waals surface area contributed by atoms with E-state index in [0.29, 0.717) is 0 Å². The van der Waals surface area contributed by atoms with Crippen molar-refractivity contribution < 1.29 is 17.9 Å². The Morgan fingerprint density at radius 3 is 2.67 bits per heavy atom. The lowest BCUT2D eigenvalue weighted by atomic mass is 10.4. The van der Waals surface area contributed by atoms with Gasteiger partial charge in [0.05, 0.1) is 6.20 Å². The average molecular weight is 242 g/mol. The molecular formula is C6H3BrF3NO. The van der Waals surface area contributed by atoms with E-state index in [9.17, 15) is 13.2 Å². The molecule has 0 atom stereocenters. The summed E-state index contributed by atoms with van der Waals surface area (Å²) < 4.78 is 39.9. The van der Waals surface area contributed by atoms with Gasteiger partial charge in [-0.1, -0.05) is 0 Å². The van der Waals surface area contributed by atoms with Gasteiger partial charge in [-0.05, 0) is 15.9 Å². The molecule has 0 aliphatic carbocycles. The third-order valence-electron chi connectivity index (χ3n) is 1.00. The second kappa shape index (κ2) is 3.75. The Labute approximate surface area is 74.5 Å². The van der Waals surface area contributed by atoms with Gasteiger partial charge in [-0.15, -0.1) is 0 Å². The quantitative estimate of drug-likeness (QED) is 0.743. The maximum atomic E-state index is 12.7. The largest absolute Gasteiger partial charge is 0.430 e. The molecule has 0 unspecified atom stereocenters. The molecule has 1 rings (SSSR count). The van der Waals surface area contributed by atoms with Crippen molar-refractivity contribution in [2.75, 3.05) is 0 Å². The normalized spacial score (nSPS) is 10.4. The highest BCUT2D eigenvalue weighted by molar-refractivity contribution is 9.10. The number of nitrogens with zero attached hydrogens (tertiary/aromatic N) is 1. The molecular weight excluding hydrogens is 239 g/mol. The van der Waals surface area contributed by atoms with E-state index in [1.54, 1.807) is 0 Å². The summed E-state index contributed by atoms with van der Waals surface area (Å²) in [6.45, 7) is -3.04. The van der Waals surface area contributed by atoms with Gasteiger partial charge in [0, 0.05) is 6.07 Å². The van der Waals surface area contributed by atoms with Crippen LogP contribution >= 0.6 is 15.9 Å². The second-order valence-corrected chi connectivity index (χ2v) is 2.63. The highest BCUT2D eigenvalue weighted by Crippen LogP contribution is 2.20. The summed E-state index contributed by atoms with van der Waals surface area (Å²) in [5.74, 6) is -1.44. The van der Waals surface area contributed by atoms with Crippen LogP contribution in [-0.4, -0.2) is 11.6 Å². The molecule has 1 aromatic heterocycles. The Morgan fingerprint density at radius 2 is 2.17 bits per heavy atom. The molecule has 12 heavy (non-hydrogen) atoms. The summed E-state index contributed by atoms with van der Waals surface area (Å²) in [6.07, 6.45) is 0.881. The minimum atomic E-state index is -3.04. The lowest BCUT2D eigenvalue weighted by molar-refractivity contribution is -0.0524. The van der Waals surface area contributed by atoms with Crippen LogP contribution in [0.15, 0.2) is 16.9 Å². The molecule has 0 aromatic carbocycles. The smallest absolute Gasteiger partial charge is 0.387 e. The first-order valence-electron chi connectivity index (χ1n) is 2.85. The zero-order valence-electron chi connectivity index (χ0n) is 5.60. The summed E-state index contributed by atoms with van der Waals surface area (Å²) in [4.78, 5) is 3.51. The molecule has 1 heterocycles. The maximum absolute atomic E-state index is 12.7. The zero-order valence-corrected chi connectivity index (χ0v) is 7.19. The number of ether oxygens (including phenoxy) is 1. The molecule has 0 fully saturated rings. The molecule has 1 aromatic rings. The Bertz CT molecular complexity index is 281. The van der Waals surface area contributed by atoms with Gasteiger partial charge in [0.25, 0.3) is 0 Å². The predicted octanol–water partition coefficient (Wildman–Crippen LogP) is 2.58. The fourth-order valence-corrected chi connectivity index (χ4v) is 0.881. The van der Waals surface area contributed by atoms with Crippen molar-refractivity contribution in [2.24, 2.45) is 0 Å². The molecule has 2 nitrogen and oxygen atoms in total. The predicted molar refractivity (Wildman–Crippen MR) is 38.5 cm³/mol. The Kier molecular flexibility index (Phi) is 2.91. The highest BCUT2D eigenvalue weighted by atomic mass is 79.9. The van der Waals surface area contributed by atoms with Crippen LogP contribution in [0, 0.1) is 5.82 Å². The van der Waals surface area contributed by atoms with Crippen LogP contribution in [-0.2, 0) is 0 Å². The van der Waals surface area contributed by atoms with E-state index < -0.39 is 18.2 Å². The van der Waals surface area contributed by atoms with Crippen molar-refractivity contribution in [1.29, 1.82) is 0 Å². The van der Waals surface area contributed by atoms with E-state index in [-0.39, 0.29) is 4.60 Å². The number of alkyl halides is 2. The number of halogens is 4. The van der Waals surface area contributed by atoms with Crippen molar-refractivity contribution >= 4 is 15.9 Å². The Balaban J connectivity index is 2.86. The molecule has 0 radical (unpaired) electrons.